The van der Waals surface area contributed by atoms with Crippen LogP contribution in [0.5, 0.6) is 5.88 Å². The number of rotatable bonds is 2. The van der Waals surface area contributed by atoms with Crippen LogP contribution in [0.1, 0.15) is 17.0 Å². The van der Waals surface area contributed by atoms with Crippen molar-refractivity contribution >= 4 is 22.7 Å². The maximum Gasteiger partial charge on any atom is 0.244 e. The van der Waals surface area contributed by atoms with Crippen molar-refractivity contribution in [3.05, 3.63) is 56.9 Å². The van der Waals surface area contributed by atoms with Crippen molar-refractivity contribution < 1.29 is 4.74 Å². The second-order valence-electron chi connectivity index (χ2n) is 4.78. The summed E-state index contributed by atoms with van der Waals surface area (Å²) in [7, 11) is 0. The normalized spacial score (nSPS) is 17.0. The molecule has 1 aliphatic rings. The predicted molar refractivity (Wildman–Crippen MR) is 85.5 cm³/mol. The third-order valence-electron chi connectivity index (χ3n) is 3.58. The molecule has 0 fully saturated rings. The molecule has 0 saturated heterocycles. The molecule has 3 aromatic heterocycles. The molecule has 0 bridgehead atoms. The van der Waals surface area contributed by atoms with E-state index in [0.29, 0.717) is 11.5 Å². The van der Waals surface area contributed by atoms with Gasteiger partial charge in [0, 0.05) is 0 Å². The average Bonchev–Trinajstić information content (AvgIpc) is 3.26. The Kier molecular flexibility index (Phi) is 2.99. The average molecular weight is 326 g/mol. The zero-order valence-electron chi connectivity index (χ0n) is 11.2. The highest BCUT2D eigenvalue weighted by Gasteiger charge is 2.35. The topological polar surface area (TPSA) is 87.7 Å². The lowest BCUT2D eigenvalue weighted by Gasteiger charge is -2.22. The number of fused-ring (bicyclic) bond motifs is 1. The Labute approximate surface area is 134 Å². The molecule has 0 spiro atoms. The molecule has 22 heavy (non-hydrogen) atoms. The second-order valence-corrected chi connectivity index (χ2v) is 6.50. The molecule has 0 unspecified atom stereocenters. The van der Waals surface area contributed by atoms with E-state index in [-0.39, 0.29) is 11.8 Å². The van der Waals surface area contributed by atoms with Crippen LogP contribution in [0.15, 0.2) is 45.8 Å². The molecule has 0 saturated carbocycles. The molecular weight excluding hydrogens is 316 g/mol. The first-order valence-corrected chi connectivity index (χ1v) is 8.33. The lowest BCUT2D eigenvalue weighted by molar-refractivity contribution is 0.379. The van der Waals surface area contributed by atoms with Crippen molar-refractivity contribution in [2.45, 2.75) is 5.92 Å². The highest BCUT2D eigenvalue weighted by atomic mass is 32.1. The van der Waals surface area contributed by atoms with Crippen molar-refractivity contribution in [2.75, 3.05) is 0 Å². The van der Waals surface area contributed by atoms with Crippen molar-refractivity contribution in [3.8, 4) is 22.5 Å². The number of aromatic amines is 1. The number of aromatic nitrogens is 2. The first-order chi connectivity index (χ1) is 10.8. The van der Waals surface area contributed by atoms with Gasteiger partial charge in [-0.15, -0.1) is 16.4 Å². The minimum absolute atomic E-state index is 0.121. The maximum absolute atomic E-state index is 9.52. The van der Waals surface area contributed by atoms with Crippen molar-refractivity contribution in [1.82, 2.24) is 10.2 Å². The molecule has 0 aromatic carbocycles. The van der Waals surface area contributed by atoms with Crippen LogP contribution in [0.2, 0.25) is 0 Å². The predicted octanol–water partition coefficient (Wildman–Crippen LogP) is 3.42. The molecule has 1 atom stereocenters. The summed E-state index contributed by atoms with van der Waals surface area (Å²) < 4.78 is 5.54. The van der Waals surface area contributed by atoms with Gasteiger partial charge in [-0.1, -0.05) is 6.07 Å². The van der Waals surface area contributed by atoms with Crippen molar-refractivity contribution in [3.63, 3.8) is 0 Å². The van der Waals surface area contributed by atoms with Gasteiger partial charge in [-0.3, -0.25) is 5.10 Å². The minimum Gasteiger partial charge on any atom is -0.420 e. The van der Waals surface area contributed by atoms with Gasteiger partial charge in [-0.2, -0.15) is 16.6 Å². The molecule has 1 aliphatic heterocycles. The molecule has 5 nitrogen and oxygen atoms in total. The van der Waals surface area contributed by atoms with Crippen LogP contribution in [0, 0.1) is 11.3 Å². The lowest BCUT2D eigenvalue weighted by atomic mass is 9.85. The van der Waals surface area contributed by atoms with Crippen LogP contribution in [-0.2, 0) is 0 Å². The zero-order valence-corrected chi connectivity index (χ0v) is 12.9. The molecule has 0 amide bonds. The fraction of sp³-hybridized carbons (Fsp3) is 0.0667. The number of thiophene rings is 2. The summed E-state index contributed by atoms with van der Waals surface area (Å²) in [5.41, 5.74) is 9.10. The molecule has 0 aliphatic carbocycles. The van der Waals surface area contributed by atoms with E-state index in [2.05, 4.69) is 16.3 Å². The lowest BCUT2D eigenvalue weighted by Crippen LogP contribution is -2.20. The monoisotopic (exact) mass is 326 g/mol. The third-order valence-corrected chi connectivity index (χ3v) is 5.17. The maximum atomic E-state index is 9.52. The summed E-state index contributed by atoms with van der Waals surface area (Å²) in [5.74, 6) is 0.308. The second kappa shape index (κ2) is 5.02. The highest BCUT2D eigenvalue weighted by Crippen LogP contribution is 2.46. The van der Waals surface area contributed by atoms with Crippen LogP contribution >= 0.6 is 22.7 Å². The van der Waals surface area contributed by atoms with Gasteiger partial charge in [0.25, 0.3) is 0 Å². The van der Waals surface area contributed by atoms with Gasteiger partial charge in [-0.25, -0.2) is 0 Å². The summed E-state index contributed by atoms with van der Waals surface area (Å²) >= 11 is 3.19. The summed E-state index contributed by atoms with van der Waals surface area (Å²) in [5, 5.41) is 22.8. The number of hydrogen-bond acceptors (Lipinski definition) is 6. The molecule has 7 heteroatoms. The smallest absolute Gasteiger partial charge is 0.244 e. The van der Waals surface area contributed by atoms with Gasteiger partial charge in [-0.05, 0) is 33.8 Å². The van der Waals surface area contributed by atoms with Crippen LogP contribution < -0.4 is 10.5 Å². The Bertz CT molecular complexity index is 885. The zero-order chi connectivity index (χ0) is 15.1. The van der Waals surface area contributed by atoms with E-state index in [0.717, 1.165) is 21.7 Å². The minimum atomic E-state index is -0.254. The Morgan fingerprint density at radius 2 is 2.27 bits per heavy atom. The van der Waals surface area contributed by atoms with Gasteiger partial charge in [0.15, 0.2) is 0 Å². The summed E-state index contributed by atoms with van der Waals surface area (Å²) in [6.45, 7) is 0. The van der Waals surface area contributed by atoms with Crippen LogP contribution in [0.4, 0.5) is 0 Å². The van der Waals surface area contributed by atoms with Gasteiger partial charge in [0.05, 0.1) is 22.1 Å². The quantitative estimate of drug-likeness (QED) is 0.755. The van der Waals surface area contributed by atoms with Crippen molar-refractivity contribution in [1.29, 1.82) is 5.26 Å². The summed E-state index contributed by atoms with van der Waals surface area (Å²) in [4.78, 5) is 1.05. The molecule has 3 N–H and O–H groups in total. The van der Waals surface area contributed by atoms with Gasteiger partial charge >= 0.3 is 0 Å². The molecule has 108 valence electrons. The molecule has 0 radical (unpaired) electrons. The number of nitrogens with one attached hydrogen (secondary N) is 1. The number of nitriles is 1. The van der Waals surface area contributed by atoms with Crippen molar-refractivity contribution in [2.24, 2.45) is 5.73 Å². The fourth-order valence-corrected chi connectivity index (χ4v) is 4.05. The Morgan fingerprint density at radius 1 is 1.36 bits per heavy atom. The first kappa shape index (κ1) is 13.1. The number of nitrogens with zero attached hydrogens (tertiary/aromatic N) is 2. The van der Waals surface area contributed by atoms with E-state index in [1.165, 1.54) is 0 Å². The van der Waals surface area contributed by atoms with Gasteiger partial charge in [0.1, 0.15) is 11.6 Å². The number of ether oxygens (including phenoxy) is 1. The van der Waals surface area contributed by atoms with E-state index in [1.54, 1.807) is 22.7 Å². The van der Waals surface area contributed by atoms with E-state index in [4.69, 9.17) is 10.5 Å². The van der Waals surface area contributed by atoms with Crippen LogP contribution in [0.3, 0.4) is 0 Å². The SMILES string of the molecule is N#CC1=C(N)Oc2n[nH]c(-c3cccs3)c2[C@H]1c1ccsc1. The molecule has 4 rings (SSSR count). The van der Waals surface area contributed by atoms with Gasteiger partial charge < -0.3 is 10.5 Å². The number of nitrogens with two attached hydrogens (primary N) is 1. The number of allylic oxidation sites excluding steroid dienone is 1. The largest absolute Gasteiger partial charge is 0.420 e. The summed E-state index contributed by atoms with van der Waals surface area (Å²) in [6.07, 6.45) is 0. The first-order valence-electron chi connectivity index (χ1n) is 6.51. The van der Waals surface area contributed by atoms with E-state index in [1.807, 2.05) is 34.3 Å². The number of H-pyrrole nitrogens is 1. The van der Waals surface area contributed by atoms with Crippen LogP contribution in [0.25, 0.3) is 10.6 Å². The highest BCUT2D eigenvalue weighted by molar-refractivity contribution is 7.13. The van der Waals surface area contributed by atoms with E-state index >= 15 is 0 Å². The van der Waals surface area contributed by atoms with Crippen LogP contribution in [-0.4, -0.2) is 10.2 Å². The van der Waals surface area contributed by atoms with E-state index in [9.17, 15) is 5.26 Å². The van der Waals surface area contributed by atoms with E-state index < -0.39 is 0 Å². The standard InChI is InChI=1S/C15H10N4OS2/c16-6-9-11(8-3-5-21-7-8)12-13(10-2-1-4-22-10)18-19-15(12)20-14(9)17/h1-5,7,11H,17H2,(H,18,19)/t11-/m0/s1. The fourth-order valence-electron chi connectivity index (χ4n) is 2.63. The molecular formula is C15H10N4OS2. The third kappa shape index (κ3) is 1.85. The Balaban J connectivity index is 1.97. The number of hydrogen-bond donors (Lipinski definition) is 2. The summed E-state index contributed by atoms with van der Waals surface area (Å²) in [6, 6.07) is 8.18. The Hall–Kier alpha value is -2.56. The Morgan fingerprint density at radius 3 is 2.95 bits per heavy atom. The van der Waals surface area contributed by atoms with Gasteiger partial charge in [0.2, 0.25) is 11.8 Å². The molecule has 3 aromatic rings. The molecule has 4 heterocycles.